The van der Waals surface area contributed by atoms with Gasteiger partial charge in [0.25, 0.3) is 5.91 Å². The molecule has 4 heteroatoms. The number of anilines is 1. The van der Waals surface area contributed by atoms with E-state index in [1.54, 1.807) is 0 Å². The van der Waals surface area contributed by atoms with Crippen molar-refractivity contribution in [3.8, 4) is 0 Å². The first-order valence-corrected chi connectivity index (χ1v) is 9.30. The topological polar surface area (TPSA) is 49.4 Å². The second-order valence-electron chi connectivity index (χ2n) is 7.54. The summed E-state index contributed by atoms with van der Waals surface area (Å²) in [6, 6.07) is 12.0. The van der Waals surface area contributed by atoms with Gasteiger partial charge in [0.05, 0.1) is 0 Å². The number of hydrogen-bond donors (Lipinski definition) is 1. The van der Waals surface area contributed by atoms with Crippen LogP contribution in [0, 0.1) is 19.8 Å². The van der Waals surface area contributed by atoms with E-state index in [0.717, 1.165) is 48.2 Å². The van der Waals surface area contributed by atoms with Crippen LogP contribution in [0.4, 0.5) is 5.69 Å². The summed E-state index contributed by atoms with van der Waals surface area (Å²) in [7, 11) is 0. The van der Waals surface area contributed by atoms with Gasteiger partial charge >= 0.3 is 0 Å². The molecule has 1 fully saturated rings. The molecule has 1 saturated carbocycles. The first-order chi connectivity index (χ1) is 12.5. The molecule has 2 aromatic carbocycles. The molecule has 4 rings (SSSR count). The SMILES string of the molecule is Cc1ccc(C)c(C(=O)Nc2ccc3c(c2)CN(C(=O)C2CC2)CC3)c1. The van der Waals surface area contributed by atoms with Gasteiger partial charge in [0.1, 0.15) is 0 Å². The van der Waals surface area contributed by atoms with E-state index in [9.17, 15) is 9.59 Å². The maximum atomic E-state index is 12.6. The van der Waals surface area contributed by atoms with Gasteiger partial charge in [0, 0.05) is 30.3 Å². The molecular formula is C22H24N2O2. The standard InChI is InChI=1S/C22H24N2O2/c1-14-3-4-15(2)20(11-14)21(25)23-19-8-7-16-9-10-24(13-18(16)12-19)22(26)17-5-6-17/h3-4,7-8,11-12,17H,5-6,9-10,13H2,1-2H3,(H,23,25). The van der Waals surface area contributed by atoms with Gasteiger partial charge in [0.2, 0.25) is 5.91 Å². The zero-order valence-electron chi connectivity index (χ0n) is 15.3. The molecule has 26 heavy (non-hydrogen) atoms. The van der Waals surface area contributed by atoms with E-state index < -0.39 is 0 Å². The van der Waals surface area contributed by atoms with Crippen LogP contribution in [0.15, 0.2) is 36.4 Å². The third-order valence-corrected chi connectivity index (χ3v) is 5.35. The molecule has 2 aliphatic rings. The Kier molecular flexibility index (Phi) is 4.27. The Morgan fingerprint density at radius 3 is 2.62 bits per heavy atom. The van der Waals surface area contributed by atoms with Crippen LogP contribution in [0.5, 0.6) is 0 Å². The third kappa shape index (κ3) is 3.36. The molecule has 134 valence electrons. The zero-order valence-corrected chi connectivity index (χ0v) is 15.3. The number of nitrogens with zero attached hydrogens (tertiary/aromatic N) is 1. The average molecular weight is 348 g/mol. The van der Waals surface area contributed by atoms with Crippen molar-refractivity contribution in [2.24, 2.45) is 5.92 Å². The summed E-state index contributed by atoms with van der Waals surface area (Å²) in [4.78, 5) is 27.0. The summed E-state index contributed by atoms with van der Waals surface area (Å²) in [6.45, 7) is 5.39. The Hall–Kier alpha value is -2.62. The molecule has 0 radical (unpaired) electrons. The summed E-state index contributed by atoms with van der Waals surface area (Å²) >= 11 is 0. The van der Waals surface area contributed by atoms with Gasteiger partial charge in [-0.25, -0.2) is 0 Å². The molecule has 1 aliphatic heterocycles. The van der Waals surface area contributed by atoms with Crippen LogP contribution in [0.2, 0.25) is 0 Å². The number of carbonyl (C=O) groups excluding carboxylic acids is 2. The summed E-state index contributed by atoms with van der Waals surface area (Å²) in [5.74, 6) is 0.456. The van der Waals surface area contributed by atoms with E-state index in [1.165, 1.54) is 5.56 Å². The number of carbonyl (C=O) groups is 2. The van der Waals surface area contributed by atoms with Crippen LogP contribution in [0.3, 0.4) is 0 Å². The van der Waals surface area contributed by atoms with Gasteiger partial charge in [-0.05, 0) is 68.0 Å². The lowest BCUT2D eigenvalue weighted by molar-refractivity contribution is -0.133. The predicted octanol–water partition coefficient (Wildman–Crippen LogP) is 3.85. The van der Waals surface area contributed by atoms with Gasteiger partial charge in [-0.2, -0.15) is 0 Å². The quantitative estimate of drug-likeness (QED) is 0.916. The molecule has 1 aliphatic carbocycles. The largest absolute Gasteiger partial charge is 0.338 e. The summed E-state index contributed by atoms with van der Waals surface area (Å²) in [5, 5.41) is 3.01. The third-order valence-electron chi connectivity index (χ3n) is 5.35. The first kappa shape index (κ1) is 16.8. The molecule has 0 bridgehead atoms. The molecule has 0 unspecified atom stereocenters. The zero-order chi connectivity index (χ0) is 18.3. The highest BCUT2D eigenvalue weighted by Gasteiger charge is 2.34. The van der Waals surface area contributed by atoms with Crippen molar-refractivity contribution in [1.82, 2.24) is 4.90 Å². The van der Waals surface area contributed by atoms with Crippen molar-refractivity contribution < 1.29 is 9.59 Å². The molecule has 0 saturated heterocycles. The van der Waals surface area contributed by atoms with Crippen molar-refractivity contribution >= 4 is 17.5 Å². The molecule has 0 atom stereocenters. The Labute approximate surface area is 154 Å². The molecular weight excluding hydrogens is 324 g/mol. The van der Waals surface area contributed by atoms with E-state index in [4.69, 9.17) is 0 Å². The number of aryl methyl sites for hydroxylation is 2. The van der Waals surface area contributed by atoms with E-state index >= 15 is 0 Å². The first-order valence-electron chi connectivity index (χ1n) is 9.30. The highest BCUT2D eigenvalue weighted by Crippen LogP contribution is 2.33. The highest BCUT2D eigenvalue weighted by atomic mass is 16.2. The van der Waals surface area contributed by atoms with Crippen LogP contribution >= 0.6 is 0 Å². The molecule has 0 spiro atoms. The van der Waals surface area contributed by atoms with Crippen LogP contribution in [0.25, 0.3) is 0 Å². The molecule has 1 N–H and O–H groups in total. The van der Waals surface area contributed by atoms with Crippen molar-refractivity contribution in [2.75, 3.05) is 11.9 Å². The number of rotatable bonds is 3. The van der Waals surface area contributed by atoms with Gasteiger partial charge in [-0.15, -0.1) is 0 Å². The second kappa shape index (κ2) is 6.60. The molecule has 0 aromatic heterocycles. The van der Waals surface area contributed by atoms with Gasteiger partial charge in [0.15, 0.2) is 0 Å². The minimum Gasteiger partial charge on any atom is -0.338 e. The van der Waals surface area contributed by atoms with E-state index in [-0.39, 0.29) is 11.8 Å². The fraction of sp³-hybridized carbons (Fsp3) is 0.364. The van der Waals surface area contributed by atoms with E-state index in [1.807, 2.05) is 49.1 Å². The van der Waals surface area contributed by atoms with Gasteiger partial charge < -0.3 is 10.2 Å². The number of fused-ring (bicyclic) bond motifs is 1. The van der Waals surface area contributed by atoms with Crippen LogP contribution in [-0.4, -0.2) is 23.3 Å². The Morgan fingerprint density at radius 1 is 1.04 bits per heavy atom. The van der Waals surface area contributed by atoms with Crippen molar-refractivity contribution in [2.45, 2.75) is 39.7 Å². The Balaban J connectivity index is 1.52. The average Bonchev–Trinajstić information content (AvgIpc) is 3.47. The predicted molar refractivity (Wildman–Crippen MR) is 102 cm³/mol. The highest BCUT2D eigenvalue weighted by molar-refractivity contribution is 6.05. The molecule has 1 heterocycles. The summed E-state index contributed by atoms with van der Waals surface area (Å²) in [5.41, 5.74) is 5.94. The van der Waals surface area contributed by atoms with Gasteiger partial charge in [-0.1, -0.05) is 23.8 Å². The second-order valence-corrected chi connectivity index (χ2v) is 7.54. The normalized spacial score (nSPS) is 16.2. The molecule has 2 amide bonds. The van der Waals surface area contributed by atoms with Crippen LogP contribution in [-0.2, 0) is 17.8 Å². The van der Waals surface area contributed by atoms with Crippen molar-refractivity contribution in [3.05, 3.63) is 64.2 Å². The Morgan fingerprint density at radius 2 is 1.85 bits per heavy atom. The summed E-state index contributed by atoms with van der Waals surface area (Å²) < 4.78 is 0. The lowest BCUT2D eigenvalue weighted by atomic mass is 9.98. The minimum atomic E-state index is -0.0899. The lowest BCUT2D eigenvalue weighted by Crippen LogP contribution is -2.36. The maximum absolute atomic E-state index is 12.6. The molecule has 4 nitrogen and oxygen atoms in total. The minimum absolute atomic E-state index is 0.0899. The molecule has 2 aromatic rings. The number of hydrogen-bond acceptors (Lipinski definition) is 2. The number of benzene rings is 2. The number of nitrogens with one attached hydrogen (secondary N) is 1. The Bertz CT molecular complexity index is 884. The van der Waals surface area contributed by atoms with Gasteiger partial charge in [-0.3, -0.25) is 9.59 Å². The lowest BCUT2D eigenvalue weighted by Gasteiger charge is -2.29. The smallest absolute Gasteiger partial charge is 0.255 e. The van der Waals surface area contributed by atoms with Crippen molar-refractivity contribution in [1.29, 1.82) is 0 Å². The fourth-order valence-electron chi connectivity index (χ4n) is 3.59. The fourth-order valence-corrected chi connectivity index (χ4v) is 3.59. The van der Waals surface area contributed by atoms with E-state index in [0.29, 0.717) is 18.0 Å². The van der Waals surface area contributed by atoms with Crippen molar-refractivity contribution in [3.63, 3.8) is 0 Å². The number of amides is 2. The van der Waals surface area contributed by atoms with E-state index in [2.05, 4.69) is 11.4 Å². The van der Waals surface area contributed by atoms with Crippen LogP contribution < -0.4 is 5.32 Å². The van der Waals surface area contributed by atoms with Crippen LogP contribution in [0.1, 0.15) is 45.5 Å². The maximum Gasteiger partial charge on any atom is 0.255 e. The monoisotopic (exact) mass is 348 g/mol. The summed E-state index contributed by atoms with van der Waals surface area (Å²) in [6.07, 6.45) is 2.96.